The Balaban J connectivity index is 1.99. The molecule has 9 nitrogen and oxygen atoms in total. The van der Waals surface area contributed by atoms with Crippen molar-refractivity contribution in [1.82, 2.24) is 10.2 Å². The van der Waals surface area contributed by atoms with E-state index in [1.54, 1.807) is 12.1 Å². The van der Waals surface area contributed by atoms with Gasteiger partial charge in [0.15, 0.2) is 11.5 Å². The van der Waals surface area contributed by atoms with Crippen molar-refractivity contribution in [1.29, 1.82) is 0 Å². The van der Waals surface area contributed by atoms with Crippen LogP contribution in [0.15, 0.2) is 47.5 Å². The summed E-state index contributed by atoms with van der Waals surface area (Å²) in [6, 6.07) is 6.98. The minimum atomic E-state index is -1.09. The number of hydrogen-bond acceptors (Lipinski definition) is 9. The standard InChI is InChI=1S/C22H18FN3O6S/c1-30-14-8-12(9-15(31-2)20(14)32-3)17-16(18(27)11-4-6-13(23)7-5-11)19(28)21(29)26(17)22-25-24-10-33-22/h4-10,17,27H,1-3H3/b18-16+. The first-order valence-corrected chi connectivity index (χ1v) is 10.4. The molecule has 1 fully saturated rings. The number of aliphatic hydroxyl groups excluding tert-OH is 1. The van der Waals surface area contributed by atoms with Crippen LogP contribution in [0.5, 0.6) is 17.2 Å². The van der Waals surface area contributed by atoms with Crippen LogP contribution in [-0.2, 0) is 9.59 Å². The number of nitrogens with zero attached hydrogens (tertiary/aromatic N) is 3. The van der Waals surface area contributed by atoms with E-state index in [9.17, 15) is 19.1 Å². The summed E-state index contributed by atoms with van der Waals surface area (Å²) in [6.45, 7) is 0. The van der Waals surface area contributed by atoms with Gasteiger partial charge < -0.3 is 19.3 Å². The minimum absolute atomic E-state index is 0.161. The van der Waals surface area contributed by atoms with E-state index in [1.165, 1.54) is 39.0 Å². The van der Waals surface area contributed by atoms with Gasteiger partial charge in [0.05, 0.1) is 32.9 Å². The number of anilines is 1. The second-order valence-corrected chi connectivity index (χ2v) is 7.67. The molecular weight excluding hydrogens is 453 g/mol. The zero-order valence-electron chi connectivity index (χ0n) is 17.7. The highest BCUT2D eigenvalue weighted by molar-refractivity contribution is 7.13. The molecule has 4 rings (SSSR count). The molecule has 0 aliphatic carbocycles. The molecule has 1 saturated heterocycles. The van der Waals surface area contributed by atoms with Gasteiger partial charge in [-0.1, -0.05) is 11.3 Å². The van der Waals surface area contributed by atoms with E-state index in [1.807, 2.05) is 0 Å². The van der Waals surface area contributed by atoms with Crippen LogP contribution in [0.2, 0.25) is 0 Å². The first-order valence-electron chi connectivity index (χ1n) is 9.54. The first kappa shape index (κ1) is 22.2. The number of ketones is 1. The number of carbonyl (C=O) groups is 2. The first-order chi connectivity index (χ1) is 15.9. The van der Waals surface area contributed by atoms with Gasteiger partial charge in [-0.15, -0.1) is 10.2 Å². The third-order valence-electron chi connectivity index (χ3n) is 5.12. The molecule has 0 spiro atoms. The maximum atomic E-state index is 13.4. The third kappa shape index (κ3) is 3.76. The van der Waals surface area contributed by atoms with E-state index in [4.69, 9.17) is 14.2 Å². The van der Waals surface area contributed by atoms with Crippen molar-refractivity contribution < 1.29 is 33.3 Å². The van der Waals surface area contributed by atoms with Gasteiger partial charge in [0, 0.05) is 5.56 Å². The van der Waals surface area contributed by atoms with Crippen LogP contribution in [0.1, 0.15) is 17.2 Å². The number of amides is 1. The lowest BCUT2D eigenvalue weighted by molar-refractivity contribution is -0.132. The molecule has 170 valence electrons. The fourth-order valence-electron chi connectivity index (χ4n) is 3.64. The van der Waals surface area contributed by atoms with E-state index in [0.717, 1.165) is 28.4 Å². The van der Waals surface area contributed by atoms with E-state index in [0.29, 0.717) is 11.3 Å². The topological polar surface area (TPSA) is 111 Å². The molecule has 1 atom stereocenters. The fraction of sp³-hybridized carbons (Fsp3) is 0.182. The molecule has 1 aromatic heterocycles. The number of benzene rings is 2. The number of aliphatic hydroxyl groups is 1. The van der Waals surface area contributed by atoms with Crippen molar-refractivity contribution >= 4 is 33.9 Å². The molecule has 0 bridgehead atoms. The van der Waals surface area contributed by atoms with Crippen LogP contribution in [0.4, 0.5) is 9.52 Å². The lowest BCUT2D eigenvalue weighted by Crippen LogP contribution is -2.29. The van der Waals surface area contributed by atoms with Gasteiger partial charge >= 0.3 is 5.91 Å². The molecule has 3 aromatic rings. The highest BCUT2D eigenvalue weighted by Crippen LogP contribution is 2.47. The van der Waals surface area contributed by atoms with Crippen LogP contribution in [0.25, 0.3) is 5.76 Å². The van der Waals surface area contributed by atoms with E-state index in [2.05, 4.69) is 10.2 Å². The smallest absolute Gasteiger partial charge is 0.301 e. The quantitative estimate of drug-likeness (QED) is 0.331. The number of carbonyl (C=O) groups excluding carboxylic acids is 2. The third-order valence-corrected chi connectivity index (χ3v) is 5.81. The van der Waals surface area contributed by atoms with Gasteiger partial charge in [0.1, 0.15) is 17.1 Å². The van der Waals surface area contributed by atoms with Gasteiger partial charge in [-0.05, 0) is 42.0 Å². The molecule has 1 amide bonds. The largest absolute Gasteiger partial charge is 0.507 e. The molecule has 1 unspecified atom stereocenters. The Morgan fingerprint density at radius 1 is 1.06 bits per heavy atom. The number of Topliss-reactive ketones (excluding diaryl/α,β-unsaturated/α-hetero) is 1. The van der Waals surface area contributed by atoms with Gasteiger partial charge in [-0.3, -0.25) is 14.5 Å². The lowest BCUT2D eigenvalue weighted by atomic mass is 9.94. The van der Waals surface area contributed by atoms with Gasteiger partial charge in [0.2, 0.25) is 10.9 Å². The second kappa shape index (κ2) is 8.87. The van der Waals surface area contributed by atoms with Crippen LogP contribution < -0.4 is 19.1 Å². The van der Waals surface area contributed by atoms with Crippen molar-refractivity contribution in [2.45, 2.75) is 6.04 Å². The number of methoxy groups -OCH3 is 3. The number of rotatable bonds is 6. The SMILES string of the molecule is COc1cc(C2/C(=C(\O)c3ccc(F)cc3)C(=O)C(=O)N2c2nncs2)cc(OC)c1OC. The number of ether oxygens (including phenoxy) is 3. The maximum absolute atomic E-state index is 13.4. The van der Waals surface area contributed by atoms with Crippen molar-refractivity contribution in [3.05, 3.63) is 64.4 Å². The molecule has 33 heavy (non-hydrogen) atoms. The Morgan fingerprint density at radius 2 is 1.70 bits per heavy atom. The molecule has 2 heterocycles. The number of hydrogen-bond donors (Lipinski definition) is 1. The molecular formula is C22H18FN3O6S. The Hall–Kier alpha value is -3.99. The molecule has 11 heteroatoms. The molecule has 0 saturated carbocycles. The average Bonchev–Trinajstić information content (AvgIpc) is 3.44. The predicted molar refractivity (Wildman–Crippen MR) is 117 cm³/mol. The van der Waals surface area contributed by atoms with Gasteiger partial charge in [0.25, 0.3) is 5.78 Å². The van der Waals surface area contributed by atoms with Crippen molar-refractivity contribution in [2.24, 2.45) is 0 Å². The summed E-state index contributed by atoms with van der Waals surface area (Å²) in [5, 5.41) is 18.9. The molecule has 2 aromatic carbocycles. The number of halogens is 1. The zero-order valence-corrected chi connectivity index (χ0v) is 18.6. The summed E-state index contributed by atoms with van der Waals surface area (Å²) in [5.74, 6) is -1.90. The average molecular weight is 471 g/mol. The Kier molecular flexibility index (Phi) is 5.97. The van der Waals surface area contributed by atoms with Crippen LogP contribution in [0.3, 0.4) is 0 Å². The van der Waals surface area contributed by atoms with Crippen LogP contribution >= 0.6 is 11.3 Å². The normalized spacial score (nSPS) is 17.3. The van der Waals surface area contributed by atoms with E-state index < -0.39 is 29.3 Å². The zero-order chi connectivity index (χ0) is 23.7. The monoisotopic (exact) mass is 471 g/mol. The molecule has 1 N–H and O–H groups in total. The predicted octanol–water partition coefficient (Wildman–Crippen LogP) is 3.33. The van der Waals surface area contributed by atoms with Gasteiger partial charge in [-0.2, -0.15) is 0 Å². The minimum Gasteiger partial charge on any atom is -0.507 e. The number of aromatic nitrogens is 2. The van der Waals surface area contributed by atoms with E-state index in [-0.39, 0.29) is 27.8 Å². The van der Waals surface area contributed by atoms with Crippen LogP contribution in [-0.4, -0.2) is 48.3 Å². The molecule has 1 aliphatic rings. The summed E-state index contributed by atoms with van der Waals surface area (Å²) < 4.78 is 29.6. The Bertz CT molecular complexity index is 1220. The van der Waals surface area contributed by atoms with Crippen molar-refractivity contribution in [2.75, 3.05) is 26.2 Å². The Morgan fingerprint density at radius 3 is 2.21 bits per heavy atom. The Labute approximate surface area is 191 Å². The summed E-state index contributed by atoms with van der Waals surface area (Å²) in [6.07, 6.45) is 0. The molecule has 1 aliphatic heterocycles. The second-order valence-electron chi connectivity index (χ2n) is 6.86. The molecule has 0 radical (unpaired) electrons. The highest BCUT2D eigenvalue weighted by atomic mass is 32.1. The van der Waals surface area contributed by atoms with Crippen molar-refractivity contribution in [3.8, 4) is 17.2 Å². The fourth-order valence-corrected chi connectivity index (χ4v) is 4.22. The summed E-state index contributed by atoms with van der Waals surface area (Å²) >= 11 is 1.05. The summed E-state index contributed by atoms with van der Waals surface area (Å²) in [7, 11) is 4.31. The summed E-state index contributed by atoms with van der Waals surface area (Å²) in [4.78, 5) is 27.3. The highest BCUT2D eigenvalue weighted by Gasteiger charge is 2.48. The van der Waals surface area contributed by atoms with Crippen LogP contribution in [0, 0.1) is 5.82 Å². The lowest BCUT2D eigenvalue weighted by Gasteiger charge is -2.24. The summed E-state index contributed by atoms with van der Waals surface area (Å²) in [5.41, 5.74) is 1.78. The van der Waals surface area contributed by atoms with Crippen molar-refractivity contribution in [3.63, 3.8) is 0 Å². The van der Waals surface area contributed by atoms with E-state index >= 15 is 0 Å². The maximum Gasteiger partial charge on any atom is 0.301 e. The van der Waals surface area contributed by atoms with Gasteiger partial charge in [-0.25, -0.2) is 4.39 Å².